The second-order valence-corrected chi connectivity index (χ2v) is 9.17. The Morgan fingerprint density at radius 2 is 1.82 bits per heavy atom. The highest BCUT2D eigenvalue weighted by molar-refractivity contribution is 6.00. The number of benzene rings is 2. The lowest BCUT2D eigenvalue weighted by molar-refractivity contribution is 0.628. The second-order valence-electron chi connectivity index (χ2n) is 9.17. The number of hydrogen-bond donors (Lipinski definition) is 3. The highest BCUT2D eigenvalue weighted by atomic mass is 19.1. The lowest BCUT2D eigenvalue weighted by Gasteiger charge is -2.11. The van der Waals surface area contributed by atoms with Gasteiger partial charge in [0, 0.05) is 39.4 Å². The number of rotatable bonds is 9. The van der Waals surface area contributed by atoms with Crippen molar-refractivity contribution in [1.82, 2.24) is 25.5 Å². The maximum atomic E-state index is 13.5. The summed E-state index contributed by atoms with van der Waals surface area (Å²) in [5.41, 5.74) is 9.22. The van der Waals surface area contributed by atoms with Crippen LogP contribution in [0.15, 0.2) is 104 Å². The summed E-state index contributed by atoms with van der Waals surface area (Å²) >= 11 is 0. The maximum Gasteiger partial charge on any atom is 0.123 e. The molecule has 0 saturated heterocycles. The largest absolute Gasteiger partial charge is 0.359 e. The van der Waals surface area contributed by atoms with Gasteiger partial charge in [0.2, 0.25) is 0 Å². The standard InChI is InChI=1S/C32H30FN5/c1-5-8-20(4)35-25(7-3)17-21(6-2)23-11-14-29-26(18-23)32(38-37-29)30-19-27-28(36-30)15-16-34-31(27)22-9-12-24(33)13-10-22/h6-7,9-19,35-36H,3-5,8H2,1-2H3,(H,37,38)/b21-6+,25-17+. The van der Waals surface area contributed by atoms with Crippen LogP contribution in [-0.2, 0) is 0 Å². The van der Waals surface area contributed by atoms with Crippen molar-refractivity contribution in [2.24, 2.45) is 0 Å². The van der Waals surface area contributed by atoms with Crippen molar-refractivity contribution in [3.05, 3.63) is 115 Å². The molecular weight excluding hydrogens is 473 g/mol. The van der Waals surface area contributed by atoms with Gasteiger partial charge in [-0.25, -0.2) is 4.39 Å². The molecule has 0 aliphatic heterocycles. The summed E-state index contributed by atoms with van der Waals surface area (Å²) in [5, 5.41) is 13.1. The zero-order valence-corrected chi connectivity index (χ0v) is 21.6. The van der Waals surface area contributed by atoms with Gasteiger partial charge in [0.25, 0.3) is 0 Å². The first-order valence-corrected chi connectivity index (χ1v) is 12.7. The third kappa shape index (κ3) is 4.93. The number of pyridine rings is 1. The fourth-order valence-electron chi connectivity index (χ4n) is 4.63. The molecule has 0 saturated carbocycles. The molecule has 0 atom stereocenters. The zero-order valence-electron chi connectivity index (χ0n) is 21.6. The molecular formula is C32H30FN5. The van der Waals surface area contributed by atoms with E-state index < -0.39 is 0 Å². The number of aromatic amines is 2. The molecule has 5 nitrogen and oxygen atoms in total. The Labute approximate surface area is 221 Å². The number of nitrogens with one attached hydrogen (secondary N) is 3. The van der Waals surface area contributed by atoms with Crippen LogP contribution in [0, 0.1) is 5.82 Å². The average molecular weight is 504 g/mol. The van der Waals surface area contributed by atoms with E-state index in [0.29, 0.717) is 0 Å². The molecule has 5 aromatic rings. The van der Waals surface area contributed by atoms with E-state index in [1.54, 1.807) is 18.3 Å². The Morgan fingerprint density at radius 1 is 1.03 bits per heavy atom. The van der Waals surface area contributed by atoms with Crippen LogP contribution < -0.4 is 5.32 Å². The van der Waals surface area contributed by atoms with Crippen LogP contribution in [0.4, 0.5) is 4.39 Å². The van der Waals surface area contributed by atoms with Gasteiger partial charge in [-0.15, -0.1) is 0 Å². The summed E-state index contributed by atoms with van der Waals surface area (Å²) in [5.74, 6) is -0.272. The van der Waals surface area contributed by atoms with Crippen LogP contribution in [0.2, 0.25) is 0 Å². The van der Waals surface area contributed by atoms with Crippen molar-refractivity contribution in [2.75, 3.05) is 0 Å². The summed E-state index contributed by atoms with van der Waals surface area (Å²) in [6.45, 7) is 12.2. The quantitative estimate of drug-likeness (QED) is 0.177. The van der Waals surface area contributed by atoms with Gasteiger partial charge in [0.15, 0.2) is 0 Å². The Balaban J connectivity index is 1.54. The third-order valence-electron chi connectivity index (χ3n) is 6.53. The Morgan fingerprint density at radius 3 is 2.55 bits per heavy atom. The monoisotopic (exact) mass is 503 g/mol. The van der Waals surface area contributed by atoms with Gasteiger partial charge in [0.05, 0.1) is 16.9 Å². The first-order valence-electron chi connectivity index (χ1n) is 12.7. The molecule has 0 unspecified atom stereocenters. The molecule has 3 heterocycles. The molecule has 0 spiro atoms. The Bertz CT molecular complexity index is 1700. The molecule has 2 aromatic carbocycles. The van der Waals surface area contributed by atoms with Gasteiger partial charge in [-0.05, 0) is 85.2 Å². The molecule has 0 aliphatic carbocycles. The fourth-order valence-corrected chi connectivity index (χ4v) is 4.63. The average Bonchev–Trinajstić information content (AvgIpc) is 3.55. The molecule has 5 rings (SSSR count). The smallest absolute Gasteiger partial charge is 0.123 e. The van der Waals surface area contributed by atoms with Crippen LogP contribution in [0.5, 0.6) is 0 Å². The highest BCUT2D eigenvalue weighted by Gasteiger charge is 2.15. The normalized spacial score (nSPS) is 12.3. The Hall–Kier alpha value is -4.71. The number of fused-ring (bicyclic) bond motifs is 2. The van der Waals surface area contributed by atoms with Crippen molar-refractivity contribution in [1.29, 1.82) is 0 Å². The van der Waals surface area contributed by atoms with Crippen molar-refractivity contribution in [3.63, 3.8) is 0 Å². The van der Waals surface area contributed by atoms with E-state index in [0.717, 1.165) is 79.8 Å². The van der Waals surface area contributed by atoms with E-state index >= 15 is 0 Å². The SMILES string of the molecule is C=C/C(=C\C(=C/C)c1ccc2[nH]nc(-c3cc4c(-c5ccc(F)cc5)nccc4[nH]3)c2c1)NC(=C)CCC. The highest BCUT2D eigenvalue weighted by Crippen LogP contribution is 2.34. The van der Waals surface area contributed by atoms with E-state index in [-0.39, 0.29) is 5.82 Å². The minimum Gasteiger partial charge on any atom is -0.359 e. The molecule has 3 N–H and O–H groups in total. The van der Waals surface area contributed by atoms with Crippen molar-refractivity contribution < 1.29 is 4.39 Å². The van der Waals surface area contributed by atoms with E-state index in [9.17, 15) is 4.39 Å². The molecule has 0 aliphatic rings. The third-order valence-corrected chi connectivity index (χ3v) is 6.53. The van der Waals surface area contributed by atoms with Gasteiger partial charge in [-0.1, -0.05) is 38.6 Å². The molecule has 0 bridgehead atoms. The van der Waals surface area contributed by atoms with Crippen LogP contribution in [0.3, 0.4) is 0 Å². The zero-order chi connectivity index (χ0) is 26.6. The first-order chi connectivity index (χ1) is 18.5. The van der Waals surface area contributed by atoms with Crippen LogP contribution >= 0.6 is 0 Å². The summed E-state index contributed by atoms with van der Waals surface area (Å²) in [4.78, 5) is 8.07. The van der Waals surface area contributed by atoms with Crippen molar-refractivity contribution in [3.8, 4) is 22.6 Å². The van der Waals surface area contributed by atoms with Gasteiger partial charge in [0.1, 0.15) is 11.5 Å². The molecule has 0 fully saturated rings. The minimum atomic E-state index is -0.272. The van der Waals surface area contributed by atoms with Crippen molar-refractivity contribution >= 4 is 27.4 Å². The summed E-state index contributed by atoms with van der Waals surface area (Å²) in [7, 11) is 0. The van der Waals surface area contributed by atoms with Crippen molar-refractivity contribution in [2.45, 2.75) is 26.7 Å². The predicted octanol–water partition coefficient (Wildman–Crippen LogP) is 8.29. The van der Waals surface area contributed by atoms with E-state index in [4.69, 9.17) is 0 Å². The topological polar surface area (TPSA) is 69.4 Å². The predicted molar refractivity (Wildman–Crippen MR) is 156 cm³/mol. The number of aromatic nitrogens is 4. The van der Waals surface area contributed by atoms with Crippen LogP contribution in [0.1, 0.15) is 32.3 Å². The lowest BCUT2D eigenvalue weighted by atomic mass is 10.0. The molecule has 3 aromatic heterocycles. The van der Waals surface area contributed by atoms with Crippen LogP contribution in [-0.4, -0.2) is 20.2 Å². The lowest BCUT2D eigenvalue weighted by Crippen LogP contribution is -2.10. The first kappa shape index (κ1) is 25.0. The van der Waals surface area contributed by atoms with Gasteiger partial charge in [-0.3, -0.25) is 10.1 Å². The summed E-state index contributed by atoms with van der Waals surface area (Å²) in [6, 6.07) is 16.7. The molecule has 190 valence electrons. The number of allylic oxidation sites excluding steroid dienone is 5. The summed E-state index contributed by atoms with van der Waals surface area (Å²) < 4.78 is 13.5. The number of halogens is 1. The van der Waals surface area contributed by atoms with Gasteiger partial charge >= 0.3 is 0 Å². The minimum absolute atomic E-state index is 0.272. The molecule has 0 radical (unpaired) electrons. The van der Waals surface area contributed by atoms with E-state index in [1.807, 2.05) is 25.1 Å². The second kappa shape index (κ2) is 10.7. The van der Waals surface area contributed by atoms with E-state index in [1.165, 1.54) is 12.1 Å². The number of nitrogens with zero attached hydrogens (tertiary/aromatic N) is 2. The molecule has 6 heteroatoms. The Kier molecular flexibility index (Phi) is 7.05. The molecule has 0 amide bonds. The number of H-pyrrole nitrogens is 2. The van der Waals surface area contributed by atoms with Gasteiger partial charge < -0.3 is 10.3 Å². The van der Waals surface area contributed by atoms with E-state index in [2.05, 4.69) is 75.9 Å². The fraction of sp³-hybridized carbons (Fsp3) is 0.125. The summed E-state index contributed by atoms with van der Waals surface area (Å²) in [6.07, 6.45) is 9.67. The molecule has 38 heavy (non-hydrogen) atoms. The maximum absolute atomic E-state index is 13.5. The number of hydrogen-bond acceptors (Lipinski definition) is 3. The van der Waals surface area contributed by atoms with Crippen LogP contribution in [0.25, 0.3) is 50.0 Å². The van der Waals surface area contributed by atoms with Gasteiger partial charge in [-0.2, -0.15) is 5.10 Å².